The molecule has 0 atom stereocenters. The molecule has 1 aliphatic carbocycles. The van der Waals surface area contributed by atoms with Crippen LogP contribution in [0.15, 0.2) is 69.3 Å². The van der Waals surface area contributed by atoms with E-state index in [0.29, 0.717) is 36.9 Å². The van der Waals surface area contributed by atoms with Crippen molar-refractivity contribution in [3.63, 3.8) is 0 Å². The number of aromatic nitrogens is 4. The first kappa shape index (κ1) is 24.4. The van der Waals surface area contributed by atoms with E-state index in [1.807, 2.05) is 43.3 Å². The molecule has 0 aliphatic heterocycles. The van der Waals surface area contributed by atoms with Gasteiger partial charge in [-0.25, -0.2) is 9.78 Å². The first-order valence-corrected chi connectivity index (χ1v) is 13.3. The first-order valence-electron chi connectivity index (χ1n) is 12.5. The lowest BCUT2D eigenvalue weighted by atomic mass is 9.98. The Morgan fingerprint density at radius 2 is 1.75 bits per heavy atom. The number of nitrogens with zero attached hydrogens (tertiary/aromatic N) is 3. The molecule has 9 heteroatoms. The minimum atomic E-state index is -0.453. The predicted octanol–water partition coefficient (Wildman–Crippen LogP) is 4.46. The topological polar surface area (TPSA) is 93.9 Å². The molecule has 2 N–H and O–H groups in total. The average Bonchev–Trinajstić information content (AvgIpc) is 3.34. The molecule has 188 valence electrons. The highest BCUT2D eigenvalue weighted by Gasteiger charge is 2.15. The van der Waals surface area contributed by atoms with Crippen molar-refractivity contribution < 1.29 is 4.74 Å². The van der Waals surface area contributed by atoms with Crippen LogP contribution in [0.2, 0.25) is 0 Å². The van der Waals surface area contributed by atoms with Crippen LogP contribution in [-0.4, -0.2) is 25.2 Å². The molecule has 1 saturated carbocycles. The van der Waals surface area contributed by atoms with E-state index in [0.717, 1.165) is 34.6 Å². The molecule has 8 nitrogen and oxygen atoms in total. The molecule has 0 unspecified atom stereocenters. The molecule has 36 heavy (non-hydrogen) atoms. The van der Waals surface area contributed by atoms with Gasteiger partial charge in [0.1, 0.15) is 5.75 Å². The fraction of sp³-hybridized carbons (Fsp3) is 0.370. The number of hydrogen-bond acceptors (Lipinski definition) is 6. The smallest absolute Gasteiger partial charge is 0.330 e. The van der Waals surface area contributed by atoms with Crippen LogP contribution in [0.5, 0.6) is 5.75 Å². The van der Waals surface area contributed by atoms with Crippen LogP contribution < -0.4 is 20.7 Å². The highest BCUT2D eigenvalue weighted by molar-refractivity contribution is 7.97. The fourth-order valence-corrected chi connectivity index (χ4v) is 5.29. The molecule has 4 aromatic rings. The second kappa shape index (κ2) is 11.2. The average molecular weight is 506 g/mol. The second-order valence-electron chi connectivity index (χ2n) is 9.14. The van der Waals surface area contributed by atoms with Gasteiger partial charge in [-0.2, -0.15) is 0 Å². The minimum Gasteiger partial charge on any atom is -0.490 e. The van der Waals surface area contributed by atoms with Crippen LogP contribution in [0.4, 0.5) is 0 Å². The van der Waals surface area contributed by atoms with Crippen LogP contribution >= 0.6 is 11.9 Å². The Kier molecular flexibility index (Phi) is 7.58. The van der Waals surface area contributed by atoms with Gasteiger partial charge in [-0.15, -0.1) is 0 Å². The van der Waals surface area contributed by atoms with Crippen molar-refractivity contribution in [1.82, 2.24) is 23.8 Å². The fourth-order valence-electron chi connectivity index (χ4n) is 4.62. The van der Waals surface area contributed by atoms with Crippen molar-refractivity contribution in [3.05, 3.63) is 86.8 Å². The zero-order valence-electron chi connectivity index (χ0n) is 20.4. The van der Waals surface area contributed by atoms with E-state index >= 15 is 0 Å². The van der Waals surface area contributed by atoms with Crippen molar-refractivity contribution in [2.45, 2.75) is 69.7 Å². The van der Waals surface area contributed by atoms with E-state index in [1.165, 1.54) is 23.8 Å². The van der Waals surface area contributed by atoms with Gasteiger partial charge in [0.15, 0.2) is 11.2 Å². The largest absolute Gasteiger partial charge is 0.490 e. The first-order chi connectivity index (χ1) is 17.6. The number of H-pyrrole nitrogens is 1. The summed E-state index contributed by atoms with van der Waals surface area (Å²) in [6.45, 7) is 3.58. The summed E-state index contributed by atoms with van der Waals surface area (Å²) in [6.07, 6.45) is 8.14. The summed E-state index contributed by atoms with van der Waals surface area (Å²) in [4.78, 5) is 32.6. The Morgan fingerprint density at radius 3 is 2.47 bits per heavy atom. The van der Waals surface area contributed by atoms with Crippen LogP contribution in [0, 0.1) is 0 Å². The number of hydrogen-bond donors (Lipinski definition) is 2. The molecule has 0 spiro atoms. The molecule has 2 heterocycles. The zero-order valence-corrected chi connectivity index (χ0v) is 21.2. The predicted molar refractivity (Wildman–Crippen MR) is 142 cm³/mol. The van der Waals surface area contributed by atoms with Gasteiger partial charge in [0.25, 0.3) is 5.56 Å². The maximum atomic E-state index is 12.5. The summed E-state index contributed by atoms with van der Waals surface area (Å²) >= 11 is 1.59. The van der Waals surface area contributed by atoms with Gasteiger partial charge in [0.05, 0.1) is 19.0 Å². The highest BCUT2D eigenvalue weighted by atomic mass is 32.2. The molecule has 0 radical (unpaired) electrons. The van der Waals surface area contributed by atoms with Gasteiger partial charge >= 0.3 is 5.69 Å². The number of rotatable bonds is 9. The third kappa shape index (κ3) is 5.57. The standard InChI is InChI=1S/C27H31N5O3S/c1-2-31-18-28-25-24(31)26(33)30-27(34)32(25)17-20-10-8-19(9-11-20)16-29-36-23-14-12-22(13-15-23)35-21-6-4-3-5-7-21/h8-15,18,21,29H,2-7,16-17H2,1H3,(H,30,33,34). The summed E-state index contributed by atoms with van der Waals surface area (Å²) in [5, 5.41) is 0. The summed E-state index contributed by atoms with van der Waals surface area (Å²) in [7, 11) is 0. The van der Waals surface area contributed by atoms with Crippen LogP contribution in [0.3, 0.4) is 0 Å². The second-order valence-corrected chi connectivity index (χ2v) is 10.1. The molecule has 5 rings (SSSR count). The van der Waals surface area contributed by atoms with Gasteiger partial charge in [0.2, 0.25) is 0 Å². The lowest BCUT2D eigenvalue weighted by Crippen LogP contribution is -2.31. The van der Waals surface area contributed by atoms with Gasteiger partial charge in [-0.05, 0) is 79.9 Å². The lowest BCUT2D eigenvalue weighted by Gasteiger charge is -2.23. The van der Waals surface area contributed by atoms with Gasteiger partial charge in [-0.3, -0.25) is 19.1 Å². The van der Waals surface area contributed by atoms with Crippen molar-refractivity contribution in [3.8, 4) is 5.75 Å². The maximum Gasteiger partial charge on any atom is 0.330 e. The van der Waals surface area contributed by atoms with Crippen molar-refractivity contribution in [2.24, 2.45) is 0 Å². The van der Waals surface area contributed by atoms with Crippen molar-refractivity contribution in [1.29, 1.82) is 0 Å². The van der Waals surface area contributed by atoms with E-state index in [1.54, 1.807) is 22.8 Å². The third-order valence-electron chi connectivity index (χ3n) is 6.60. The summed E-state index contributed by atoms with van der Waals surface area (Å²) in [5.41, 5.74) is 2.06. The molecule has 0 amide bonds. The Balaban J connectivity index is 1.16. The summed E-state index contributed by atoms with van der Waals surface area (Å²) in [6, 6.07) is 16.4. The number of benzene rings is 2. The third-order valence-corrected chi connectivity index (χ3v) is 7.40. The molecular weight excluding hydrogens is 474 g/mol. The quantitative estimate of drug-likeness (QED) is 0.326. The highest BCUT2D eigenvalue weighted by Crippen LogP contribution is 2.25. The summed E-state index contributed by atoms with van der Waals surface area (Å²) in [5.74, 6) is 0.946. The van der Waals surface area contributed by atoms with Gasteiger partial charge in [0, 0.05) is 18.0 Å². The lowest BCUT2D eigenvalue weighted by molar-refractivity contribution is 0.155. The minimum absolute atomic E-state index is 0.338. The Morgan fingerprint density at radius 1 is 1.03 bits per heavy atom. The number of aromatic amines is 1. The van der Waals surface area contributed by atoms with E-state index < -0.39 is 11.2 Å². The van der Waals surface area contributed by atoms with Crippen LogP contribution in [0.25, 0.3) is 11.2 Å². The van der Waals surface area contributed by atoms with Crippen molar-refractivity contribution in [2.75, 3.05) is 0 Å². The molecule has 1 aliphatic rings. The van der Waals surface area contributed by atoms with Gasteiger partial charge < -0.3 is 9.30 Å². The van der Waals surface area contributed by atoms with Crippen molar-refractivity contribution >= 4 is 23.1 Å². The number of imidazole rings is 1. The van der Waals surface area contributed by atoms with Gasteiger partial charge in [-0.1, -0.05) is 30.7 Å². The van der Waals surface area contributed by atoms with E-state index in [2.05, 4.69) is 26.8 Å². The van der Waals surface area contributed by atoms with Crippen LogP contribution in [0.1, 0.15) is 50.2 Å². The molecule has 0 bridgehead atoms. The number of aryl methyl sites for hydroxylation is 1. The maximum absolute atomic E-state index is 12.5. The van der Waals surface area contributed by atoms with Crippen LogP contribution in [-0.2, 0) is 19.6 Å². The number of fused-ring (bicyclic) bond motifs is 1. The molecule has 0 saturated heterocycles. The molecule has 2 aromatic heterocycles. The van der Waals surface area contributed by atoms with E-state index in [9.17, 15) is 9.59 Å². The zero-order chi connectivity index (χ0) is 24.9. The monoisotopic (exact) mass is 505 g/mol. The van der Waals surface area contributed by atoms with E-state index in [-0.39, 0.29) is 0 Å². The molecule has 1 fully saturated rings. The number of nitrogens with one attached hydrogen (secondary N) is 2. The number of ether oxygens (including phenoxy) is 1. The normalized spacial score (nSPS) is 14.4. The molecular formula is C27H31N5O3S. The summed E-state index contributed by atoms with van der Waals surface area (Å²) < 4.78 is 12.8. The Hall–Kier alpha value is -3.30. The van der Waals surface area contributed by atoms with E-state index in [4.69, 9.17) is 4.74 Å². The molecule has 2 aromatic carbocycles. The Labute approximate surface area is 213 Å². The SMILES string of the molecule is CCn1cnc2c1c(=O)[nH]c(=O)n2Cc1ccc(CNSc2ccc(OC3CCCCC3)cc2)cc1. The Bertz CT molecular complexity index is 1420.